The van der Waals surface area contributed by atoms with E-state index in [1.165, 1.54) is 0 Å². The maximum absolute atomic E-state index is 12.8. The molecule has 1 amide bonds. The average Bonchev–Trinajstić information content (AvgIpc) is 3.10. The zero-order valence-electron chi connectivity index (χ0n) is 13.5. The highest BCUT2D eigenvalue weighted by molar-refractivity contribution is 7.09. The van der Waals surface area contributed by atoms with Gasteiger partial charge in [-0.2, -0.15) is 0 Å². The highest BCUT2D eigenvalue weighted by Crippen LogP contribution is 2.30. The van der Waals surface area contributed by atoms with Gasteiger partial charge in [-0.15, -0.1) is 11.3 Å². The van der Waals surface area contributed by atoms with E-state index in [2.05, 4.69) is 17.3 Å². The van der Waals surface area contributed by atoms with Gasteiger partial charge in [0.05, 0.1) is 17.8 Å². The van der Waals surface area contributed by atoms with E-state index >= 15 is 0 Å². The Morgan fingerprint density at radius 3 is 3.13 bits per heavy atom. The summed E-state index contributed by atoms with van der Waals surface area (Å²) in [5, 5.41) is 3.28. The molecule has 122 valence electrons. The number of nitrogens with zero attached hydrogens (tertiary/aromatic N) is 3. The molecule has 1 aliphatic heterocycles. The highest BCUT2D eigenvalue weighted by Gasteiger charge is 2.28. The Bertz CT molecular complexity index is 686. The SMILES string of the molecule is CCc1csc(C2CCCN(C(=O)c3cccnc3OC)C2)n1. The summed E-state index contributed by atoms with van der Waals surface area (Å²) in [6.45, 7) is 3.61. The molecule has 0 saturated carbocycles. The summed E-state index contributed by atoms with van der Waals surface area (Å²) < 4.78 is 5.22. The zero-order valence-corrected chi connectivity index (χ0v) is 14.3. The monoisotopic (exact) mass is 331 g/mol. The van der Waals surface area contributed by atoms with E-state index in [1.54, 1.807) is 36.8 Å². The molecule has 1 fully saturated rings. The number of amides is 1. The second-order valence-electron chi connectivity index (χ2n) is 5.68. The Hall–Kier alpha value is -1.95. The fourth-order valence-corrected chi connectivity index (χ4v) is 3.95. The van der Waals surface area contributed by atoms with Crippen LogP contribution in [0.4, 0.5) is 0 Å². The van der Waals surface area contributed by atoms with E-state index in [0.29, 0.717) is 23.9 Å². The quantitative estimate of drug-likeness (QED) is 0.864. The first kappa shape index (κ1) is 15.9. The van der Waals surface area contributed by atoms with E-state index < -0.39 is 0 Å². The second kappa shape index (κ2) is 7.08. The van der Waals surface area contributed by atoms with Gasteiger partial charge in [0.2, 0.25) is 5.88 Å². The minimum Gasteiger partial charge on any atom is -0.480 e. The van der Waals surface area contributed by atoms with Crippen LogP contribution in [0, 0.1) is 0 Å². The molecule has 1 saturated heterocycles. The van der Waals surface area contributed by atoms with Gasteiger partial charge >= 0.3 is 0 Å². The van der Waals surface area contributed by atoms with Crippen molar-refractivity contribution in [3.8, 4) is 5.88 Å². The van der Waals surface area contributed by atoms with E-state index in [1.807, 2.05) is 4.90 Å². The van der Waals surface area contributed by atoms with Gasteiger partial charge in [0.1, 0.15) is 5.56 Å². The number of rotatable bonds is 4. The zero-order chi connectivity index (χ0) is 16.2. The van der Waals surface area contributed by atoms with Crippen molar-refractivity contribution in [1.82, 2.24) is 14.9 Å². The third-order valence-electron chi connectivity index (χ3n) is 4.18. The number of pyridine rings is 1. The van der Waals surface area contributed by atoms with Crippen LogP contribution in [0.3, 0.4) is 0 Å². The molecule has 0 N–H and O–H groups in total. The van der Waals surface area contributed by atoms with Crippen molar-refractivity contribution in [1.29, 1.82) is 0 Å². The van der Waals surface area contributed by atoms with E-state index in [4.69, 9.17) is 9.72 Å². The first-order valence-electron chi connectivity index (χ1n) is 7.95. The standard InChI is InChI=1S/C17H21N3O2S/c1-3-13-11-23-16(19-13)12-6-5-9-20(10-12)17(21)14-7-4-8-18-15(14)22-2/h4,7-8,11-12H,3,5-6,9-10H2,1-2H3. The van der Waals surface area contributed by atoms with Crippen molar-refractivity contribution >= 4 is 17.2 Å². The Morgan fingerprint density at radius 1 is 1.52 bits per heavy atom. The van der Waals surface area contributed by atoms with E-state index in [9.17, 15) is 4.79 Å². The molecule has 1 aliphatic rings. The molecule has 3 heterocycles. The lowest BCUT2D eigenvalue weighted by atomic mass is 9.98. The molecule has 0 aliphatic carbocycles. The van der Waals surface area contributed by atoms with Crippen molar-refractivity contribution in [3.63, 3.8) is 0 Å². The molecule has 6 heteroatoms. The maximum atomic E-state index is 12.8. The summed E-state index contributed by atoms with van der Waals surface area (Å²) in [6.07, 6.45) is 4.68. The largest absolute Gasteiger partial charge is 0.480 e. The Balaban J connectivity index is 1.76. The fourth-order valence-electron chi connectivity index (χ4n) is 2.92. The number of aryl methyl sites for hydroxylation is 1. The number of hydrogen-bond donors (Lipinski definition) is 0. The van der Waals surface area contributed by atoms with E-state index in [0.717, 1.165) is 36.5 Å². The molecule has 1 unspecified atom stereocenters. The van der Waals surface area contributed by atoms with Crippen molar-refractivity contribution in [2.75, 3.05) is 20.2 Å². The van der Waals surface area contributed by atoms with Gasteiger partial charge < -0.3 is 9.64 Å². The van der Waals surface area contributed by atoms with Crippen molar-refractivity contribution in [2.45, 2.75) is 32.1 Å². The maximum Gasteiger partial charge on any atom is 0.259 e. The first-order chi connectivity index (χ1) is 11.2. The van der Waals surface area contributed by atoms with Crippen LogP contribution in [0.15, 0.2) is 23.7 Å². The molecule has 3 rings (SSSR count). The van der Waals surface area contributed by atoms with Crippen molar-refractivity contribution in [2.24, 2.45) is 0 Å². The van der Waals surface area contributed by atoms with Crippen LogP contribution in [0.25, 0.3) is 0 Å². The summed E-state index contributed by atoms with van der Waals surface area (Å²) in [7, 11) is 1.54. The number of methoxy groups -OCH3 is 1. The van der Waals surface area contributed by atoms with Gasteiger partial charge in [-0.1, -0.05) is 6.92 Å². The van der Waals surface area contributed by atoms with E-state index in [-0.39, 0.29) is 5.91 Å². The third-order valence-corrected chi connectivity index (χ3v) is 5.24. The van der Waals surface area contributed by atoms with Crippen LogP contribution < -0.4 is 4.74 Å². The predicted octanol–water partition coefficient (Wildman–Crippen LogP) is 3.13. The van der Waals surface area contributed by atoms with Crippen LogP contribution in [-0.2, 0) is 6.42 Å². The molecule has 0 aromatic carbocycles. The minimum absolute atomic E-state index is 0.00748. The number of thiazole rings is 1. The lowest BCUT2D eigenvalue weighted by molar-refractivity contribution is 0.0703. The molecule has 2 aromatic heterocycles. The number of carbonyl (C=O) groups excluding carboxylic acids is 1. The third kappa shape index (κ3) is 3.37. The van der Waals surface area contributed by atoms with Crippen LogP contribution in [0.1, 0.15) is 46.7 Å². The lowest BCUT2D eigenvalue weighted by Gasteiger charge is -2.32. The number of aromatic nitrogens is 2. The average molecular weight is 331 g/mol. The van der Waals surface area contributed by atoms with Gasteiger partial charge in [0.25, 0.3) is 5.91 Å². The second-order valence-corrected chi connectivity index (χ2v) is 6.57. The molecule has 1 atom stereocenters. The Kier molecular flexibility index (Phi) is 4.91. The number of piperidine rings is 1. The number of ether oxygens (including phenoxy) is 1. The molecule has 0 radical (unpaired) electrons. The van der Waals surface area contributed by atoms with Gasteiger partial charge in [-0.05, 0) is 31.4 Å². The molecule has 23 heavy (non-hydrogen) atoms. The summed E-state index contributed by atoms with van der Waals surface area (Å²) >= 11 is 1.71. The topological polar surface area (TPSA) is 55.3 Å². The smallest absolute Gasteiger partial charge is 0.259 e. The number of carbonyl (C=O) groups is 1. The van der Waals surface area contributed by atoms with Gasteiger partial charge in [0.15, 0.2) is 0 Å². The lowest BCUT2D eigenvalue weighted by Crippen LogP contribution is -2.39. The van der Waals surface area contributed by atoms with Crippen molar-refractivity contribution < 1.29 is 9.53 Å². The van der Waals surface area contributed by atoms with Crippen LogP contribution in [-0.4, -0.2) is 41.0 Å². The Morgan fingerprint density at radius 2 is 2.39 bits per heavy atom. The minimum atomic E-state index is -0.00748. The van der Waals surface area contributed by atoms with Crippen molar-refractivity contribution in [3.05, 3.63) is 40.0 Å². The van der Waals surface area contributed by atoms with Crippen LogP contribution in [0.2, 0.25) is 0 Å². The summed E-state index contributed by atoms with van der Waals surface area (Å²) in [5.74, 6) is 0.717. The summed E-state index contributed by atoms with van der Waals surface area (Å²) in [5.41, 5.74) is 1.67. The van der Waals surface area contributed by atoms with Gasteiger partial charge in [0, 0.05) is 30.6 Å². The van der Waals surface area contributed by atoms with Crippen LogP contribution in [0.5, 0.6) is 5.88 Å². The Labute approximate surface area is 140 Å². The molecular weight excluding hydrogens is 310 g/mol. The highest BCUT2D eigenvalue weighted by atomic mass is 32.1. The molecule has 2 aromatic rings. The summed E-state index contributed by atoms with van der Waals surface area (Å²) in [4.78, 5) is 23.5. The summed E-state index contributed by atoms with van der Waals surface area (Å²) in [6, 6.07) is 3.54. The number of likely N-dealkylation sites (tertiary alicyclic amines) is 1. The number of hydrogen-bond acceptors (Lipinski definition) is 5. The van der Waals surface area contributed by atoms with Gasteiger partial charge in [-0.25, -0.2) is 9.97 Å². The molecule has 0 bridgehead atoms. The normalized spacial score (nSPS) is 18.0. The fraction of sp³-hybridized carbons (Fsp3) is 0.471. The molecule has 0 spiro atoms. The predicted molar refractivity (Wildman–Crippen MR) is 90.2 cm³/mol. The first-order valence-corrected chi connectivity index (χ1v) is 8.83. The molecular formula is C17H21N3O2S. The van der Waals surface area contributed by atoms with Gasteiger partial charge in [-0.3, -0.25) is 4.79 Å². The molecule has 5 nitrogen and oxygen atoms in total. The van der Waals surface area contributed by atoms with Crippen LogP contribution >= 0.6 is 11.3 Å².